The highest BCUT2D eigenvalue weighted by Gasteiger charge is 2.26. The monoisotopic (exact) mass is 347 g/mol. The smallest absolute Gasteiger partial charge is 0.324 e. The molecule has 2 rings (SSSR count). The van der Waals surface area contributed by atoms with Crippen LogP contribution in [0.4, 0.5) is 0 Å². The molecule has 0 fully saturated rings. The van der Waals surface area contributed by atoms with Crippen LogP contribution in [-0.4, -0.2) is 56.9 Å². The van der Waals surface area contributed by atoms with Crippen LogP contribution in [0.5, 0.6) is 0 Å². The molecule has 0 saturated carbocycles. The number of carboxylic acids is 2. The van der Waals surface area contributed by atoms with Gasteiger partial charge in [0.2, 0.25) is 0 Å². The number of aldehydes is 1. The maximum Gasteiger partial charge on any atom is 0.324 e. The van der Waals surface area contributed by atoms with Gasteiger partial charge in [-0.05, 0) is 18.6 Å². The Kier molecular flexibility index (Phi) is 5.50. The van der Waals surface area contributed by atoms with Crippen LogP contribution in [0.1, 0.15) is 22.5 Å². The zero-order chi connectivity index (χ0) is 18.6. The molecule has 9 nitrogen and oxygen atoms in total. The summed E-state index contributed by atoms with van der Waals surface area (Å²) in [6.45, 7) is 0.969. The Labute approximate surface area is 142 Å². The summed E-state index contributed by atoms with van der Waals surface area (Å²) in [5.74, 6) is -3.27. The summed E-state index contributed by atoms with van der Waals surface area (Å²) in [7, 11) is 0. The van der Waals surface area contributed by atoms with E-state index in [1.165, 1.54) is 0 Å². The molecule has 25 heavy (non-hydrogen) atoms. The number of amides is 1. The highest BCUT2D eigenvalue weighted by atomic mass is 16.4. The van der Waals surface area contributed by atoms with Crippen LogP contribution in [0.3, 0.4) is 0 Å². The summed E-state index contributed by atoms with van der Waals surface area (Å²) in [5, 5.41) is 19.3. The maximum atomic E-state index is 12.7. The molecular formula is C16H17N3O6. The second-order valence-electron chi connectivity index (χ2n) is 5.43. The number of hydrogen-bond acceptors (Lipinski definition) is 5. The third kappa shape index (κ3) is 4.21. The number of benzene rings is 1. The predicted molar refractivity (Wildman–Crippen MR) is 86.9 cm³/mol. The number of hydrazine groups is 1. The number of hydrogen-bond donors (Lipinski definition) is 4. The molecule has 0 saturated heterocycles. The number of fused-ring (bicyclic) bond motifs is 1. The van der Waals surface area contributed by atoms with Crippen molar-refractivity contribution in [1.29, 1.82) is 0 Å². The van der Waals surface area contributed by atoms with Crippen LogP contribution in [0.25, 0.3) is 10.9 Å². The van der Waals surface area contributed by atoms with Gasteiger partial charge >= 0.3 is 11.9 Å². The molecule has 0 aliphatic rings. The Morgan fingerprint density at radius 3 is 2.48 bits per heavy atom. The minimum absolute atomic E-state index is 0.162. The van der Waals surface area contributed by atoms with Gasteiger partial charge in [-0.2, -0.15) is 0 Å². The van der Waals surface area contributed by atoms with Crippen molar-refractivity contribution in [2.45, 2.75) is 19.4 Å². The van der Waals surface area contributed by atoms with Crippen LogP contribution in [-0.2, 0) is 14.4 Å². The van der Waals surface area contributed by atoms with E-state index in [1.54, 1.807) is 25.1 Å². The van der Waals surface area contributed by atoms with Gasteiger partial charge in [0.25, 0.3) is 5.91 Å². The molecule has 0 spiro atoms. The van der Waals surface area contributed by atoms with Gasteiger partial charge in [-0.25, -0.2) is 5.43 Å². The molecule has 1 aromatic heterocycles. The zero-order valence-electron chi connectivity index (χ0n) is 13.4. The number of nitrogens with zero attached hydrogens (tertiary/aromatic N) is 1. The number of aromatic nitrogens is 1. The summed E-state index contributed by atoms with van der Waals surface area (Å²) in [6, 6.07) is 5.94. The lowest BCUT2D eigenvalue weighted by Crippen LogP contribution is -2.51. The molecule has 1 amide bonds. The van der Waals surface area contributed by atoms with Gasteiger partial charge in [-0.1, -0.05) is 18.2 Å². The number of carboxylic acid groups (broad SMARTS) is 2. The van der Waals surface area contributed by atoms with Gasteiger partial charge in [0.05, 0.1) is 12.5 Å². The van der Waals surface area contributed by atoms with Crippen LogP contribution in [0.15, 0.2) is 24.3 Å². The van der Waals surface area contributed by atoms with Crippen molar-refractivity contribution in [3.05, 3.63) is 35.5 Å². The molecule has 0 aliphatic heterocycles. The first-order valence-electron chi connectivity index (χ1n) is 7.37. The van der Waals surface area contributed by atoms with Gasteiger partial charge in [-0.3, -0.25) is 19.4 Å². The normalized spacial score (nSPS) is 11.9. The van der Waals surface area contributed by atoms with E-state index in [0.29, 0.717) is 17.4 Å². The molecule has 2 aromatic rings. The Hall–Kier alpha value is -3.20. The van der Waals surface area contributed by atoms with Gasteiger partial charge in [0.15, 0.2) is 0 Å². The van der Waals surface area contributed by atoms with Crippen molar-refractivity contribution in [2.75, 3.05) is 6.54 Å². The summed E-state index contributed by atoms with van der Waals surface area (Å²) in [5.41, 5.74) is 3.86. The number of para-hydroxylation sites is 1. The highest BCUT2D eigenvalue weighted by molar-refractivity contribution is 6.01. The third-order valence-corrected chi connectivity index (χ3v) is 3.60. The Bertz CT molecular complexity index is 828. The summed E-state index contributed by atoms with van der Waals surface area (Å²) < 4.78 is 0. The van der Waals surface area contributed by atoms with E-state index in [0.717, 1.165) is 10.4 Å². The van der Waals surface area contributed by atoms with Crippen LogP contribution >= 0.6 is 0 Å². The van der Waals surface area contributed by atoms with E-state index in [4.69, 9.17) is 10.2 Å². The van der Waals surface area contributed by atoms with Gasteiger partial charge in [0, 0.05) is 10.9 Å². The highest BCUT2D eigenvalue weighted by Crippen LogP contribution is 2.22. The molecule has 4 N–H and O–H groups in total. The standard InChI is InChI=1S/C16H17N3O6/c1-9-11-4-2-3-5-12(11)17-15(9)16(25)19(7-14(23)24)18-10(8-20)6-13(21)22/h2-5,8,10,17-18H,6-7H2,1H3,(H,21,22)(H,23,24)/t10-/m0/s1. The quantitative estimate of drug-likeness (QED) is 0.404. The van der Waals surface area contributed by atoms with Crippen LogP contribution in [0.2, 0.25) is 0 Å². The summed E-state index contributed by atoms with van der Waals surface area (Å²) >= 11 is 0. The average molecular weight is 347 g/mol. The first-order chi connectivity index (χ1) is 11.8. The number of rotatable bonds is 8. The van der Waals surface area contributed by atoms with E-state index in [1.807, 2.05) is 6.07 Å². The number of aryl methyl sites for hydroxylation is 1. The average Bonchev–Trinajstić information content (AvgIpc) is 2.89. The van der Waals surface area contributed by atoms with E-state index in [9.17, 15) is 19.2 Å². The fraction of sp³-hybridized carbons (Fsp3) is 0.250. The van der Waals surface area contributed by atoms with E-state index in [2.05, 4.69) is 10.4 Å². The van der Waals surface area contributed by atoms with Crippen molar-refractivity contribution >= 4 is 35.0 Å². The molecule has 1 heterocycles. The lowest BCUT2D eigenvalue weighted by molar-refractivity contribution is -0.139. The Morgan fingerprint density at radius 2 is 1.92 bits per heavy atom. The fourth-order valence-corrected chi connectivity index (χ4v) is 2.45. The fourth-order valence-electron chi connectivity index (χ4n) is 2.45. The largest absolute Gasteiger partial charge is 0.481 e. The van der Waals surface area contributed by atoms with Crippen molar-refractivity contribution in [3.63, 3.8) is 0 Å². The third-order valence-electron chi connectivity index (χ3n) is 3.60. The topological polar surface area (TPSA) is 140 Å². The Balaban J connectivity index is 2.33. The van der Waals surface area contributed by atoms with Crippen molar-refractivity contribution in [3.8, 4) is 0 Å². The van der Waals surface area contributed by atoms with Gasteiger partial charge in [-0.15, -0.1) is 0 Å². The second kappa shape index (κ2) is 7.58. The molecule has 0 bridgehead atoms. The molecule has 1 aromatic carbocycles. The first-order valence-corrected chi connectivity index (χ1v) is 7.37. The SMILES string of the molecule is Cc1c(C(=O)N(CC(=O)O)N[C@H](C=O)CC(=O)O)[nH]c2ccccc12. The lowest BCUT2D eigenvalue weighted by Gasteiger charge is -2.24. The molecular weight excluding hydrogens is 330 g/mol. The molecule has 9 heteroatoms. The minimum Gasteiger partial charge on any atom is -0.481 e. The Morgan fingerprint density at radius 1 is 1.24 bits per heavy atom. The maximum absolute atomic E-state index is 12.7. The number of aliphatic carboxylic acids is 2. The van der Waals surface area contributed by atoms with Gasteiger partial charge < -0.3 is 20.0 Å². The number of carbonyl (C=O) groups is 4. The number of aromatic amines is 1. The van der Waals surface area contributed by atoms with E-state index in [-0.39, 0.29) is 5.69 Å². The number of carbonyl (C=O) groups excluding carboxylic acids is 2. The van der Waals surface area contributed by atoms with Crippen molar-refractivity contribution in [2.24, 2.45) is 0 Å². The van der Waals surface area contributed by atoms with E-state index < -0.39 is 36.9 Å². The summed E-state index contributed by atoms with van der Waals surface area (Å²) in [4.78, 5) is 48.4. The summed E-state index contributed by atoms with van der Waals surface area (Å²) in [6.07, 6.45) is -0.271. The second-order valence-corrected chi connectivity index (χ2v) is 5.43. The molecule has 132 valence electrons. The van der Waals surface area contributed by atoms with Gasteiger partial charge in [0.1, 0.15) is 18.5 Å². The molecule has 0 radical (unpaired) electrons. The molecule has 1 atom stereocenters. The number of nitrogens with one attached hydrogen (secondary N) is 2. The number of H-pyrrole nitrogens is 1. The lowest BCUT2D eigenvalue weighted by atomic mass is 10.1. The van der Waals surface area contributed by atoms with Crippen molar-refractivity contribution < 1.29 is 29.4 Å². The minimum atomic E-state index is -1.31. The predicted octanol–water partition coefficient (Wildman–Crippen LogP) is 0.550. The van der Waals surface area contributed by atoms with Crippen LogP contribution < -0.4 is 5.43 Å². The zero-order valence-corrected chi connectivity index (χ0v) is 13.4. The molecule has 0 unspecified atom stereocenters. The first kappa shape index (κ1) is 18.1. The molecule has 0 aliphatic carbocycles. The van der Waals surface area contributed by atoms with E-state index >= 15 is 0 Å². The van der Waals surface area contributed by atoms with Crippen LogP contribution in [0, 0.1) is 6.92 Å². The van der Waals surface area contributed by atoms with Crippen molar-refractivity contribution in [1.82, 2.24) is 15.4 Å².